The number of nitro groups is 1. The molecule has 3 rings (SSSR count). The van der Waals surface area contributed by atoms with Gasteiger partial charge >= 0.3 is 0 Å². The van der Waals surface area contributed by atoms with Crippen molar-refractivity contribution < 1.29 is 10.2 Å². The standard InChI is InChI=1S/C15H13BrN6O2/c1-17-14(10-2-6-13(7-3-10)22(23)24)15-18-19-20-21(15)12-8-4-11(16)5-9-12/h2-9,14,17H,1H3/p+1/t14-/m1/s1. The molecule has 0 amide bonds. The van der Waals surface area contributed by atoms with Gasteiger partial charge in [-0.3, -0.25) is 10.1 Å². The Bertz CT molecular complexity index is 847. The van der Waals surface area contributed by atoms with E-state index in [0.29, 0.717) is 5.82 Å². The van der Waals surface area contributed by atoms with Crippen LogP contribution in [0.2, 0.25) is 0 Å². The number of benzene rings is 2. The molecule has 2 aromatic carbocycles. The number of tetrazole rings is 1. The van der Waals surface area contributed by atoms with Gasteiger partial charge in [0.2, 0.25) is 5.82 Å². The molecule has 0 saturated carbocycles. The average molecular weight is 390 g/mol. The summed E-state index contributed by atoms with van der Waals surface area (Å²) in [7, 11) is 1.91. The minimum Gasteiger partial charge on any atom is -0.336 e. The largest absolute Gasteiger partial charge is 0.336 e. The molecule has 24 heavy (non-hydrogen) atoms. The van der Waals surface area contributed by atoms with Crippen LogP contribution in [-0.4, -0.2) is 32.2 Å². The molecule has 0 radical (unpaired) electrons. The van der Waals surface area contributed by atoms with Gasteiger partial charge in [-0.15, -0.1) is 5.10 Å². The van der Waals surface area contributed by atoms with Gasteiger partial charge in [-0.1, -0.05) is 15.9 Å². The summed E-state index contributed by atoms with van der Waals surface area (Å²) in [6.07, 6.45) is 0. The van der Waals surface area contributed by atoms with Crippen LogP contribution in [0.4, 0.5) is 5.69 Å². The highest BCUT2D eigenvalue weighted by atomic mass is 79.9. The van der Waals surface area contributed by atoms with Crippen molar-refractivity contribution in [3.05, 3.63) is 74.5 Å². The fourth-order valence-electron chi connectivity index (χ4n) is 2.45. The first-order chi connectivity index (χ1) is 11.6. The van der Waals surface area contributed by atoms with E-state index in [-0.39, 0.29) is 11.7 Å². The summed E-state index contributed by atoms with van der Waals surface area (Å²) < 4.78 is 2.63. The second kappa shape index (κ2) is 6.85. The summed E-state index contributed by atoms with van der Waals surface area (Å²) in [5.41, 5.74) is 1.78. The molecule has 0 aliphatic rings. The van der Waals surface area contributed by atoms with Gasteiger partial charge in [0.25, 0.3) is 5.69 Å². The Kier molecular flexibility index (Phi) is 4.63. The summed E-state index contributed by atoms with van der Waals surface area (Å²) >= 11 is 3.40. The van der Waals surface area contributed by atoms with Gasteiger partial charge in [0, 0.05) is 22.2 Å². The molecule has 0 bridgehead atoms. The molecule has 9 heteroatoms. The highest BCUT2D eigenvalue weighted by molar-refractivity contribution is 9.10. The van der Waals surface area contributed by atoms with E-state index in [1.54, 1.807) is 16.8 Å². The number of hydrogen-bond donors (Lipinski definition) is 1. The lowest BCUT2D eigenvalue weighted by Crippen LogP contribution is -2.81. The van der Waals surface area contributed by atoms with Crippen molar-refractivity contribution in [2.24, 2.45) is 0 Å². The summed E-state index contributed by atoms with van der Waals surface area (Å²) in [5.74, 6) is 0.647. The number of halogens is 1. The second-order valence-corrected chi connectivity index (χ2v) is 6.00. The molecule has 0 spiro atoms. The molecule has 2 N–H and O–H groups in total. The van der Waals surface area contributed by atoms with Gasteiger partial charge < -0.3 is 5.32 Å². The highest BCUT2D eigenvalue weighted by Gasteiger charge is 2.24. The maximum Gasteiger partial charge on any atom is 0.269 e. The van der Waals surface area contributed by atoms with Crippen LogP contribution < -0.4 is 5.32 Å². The van der Waals surface area contributed by atoms with Crippen molar-refractivity contribution in [1.29, 1.82) is 0 Å². The van der Waals surface area contributed by atoms with Crippen LogP contribution in [0.15, 0.2) is 53.0 Å². The fourth-order valence-corrected chi connectivity index (χ4v) is 2.71. The Morgan fingerprint density at radius 2 is 1.83 bits per heavy atom. The highest BCUT2D eigenvalue weighted by Crippen LogP contribution is 2.22. The quantitative estimate of drug-likeness (QED) is 0.527. The van der Waals surface area contributed by atoms with Crippen LogP contribution in [0, 0.1) is 10.1 Å². The lowest BCUT2D eigenvalue weighted by atomic mass is 10.1. The van der Waals surface area contributed by atoms with E-state index >= 15 is 0 Å². The average Bonchev–Trinajstić information content (AvgIpc) is 3.06. The summed E-state index contributed by atoms with van der Waals surface area (Å²) in [5, 5.41) is 24.8. The van der Waals surface area contributed by atoms with Crippen molar-refractivity contribution in [2.75, 3.05) is 7.05 Å². The van der Waals surface area contributed by atoms with E-state index in [9.17, 15) is 10.1 Å². The minimum atomic E-state index is -0.416. The molecule has 0 saturated heterocycles. The number of non-ortho nitro benzene ring substituents is 1. The van der Waals surface area contributed by atoms with E-state index in [1.165, 1.54) is 12.1 Å². The monoisotopic (exact) mass is 389 g/mol. The van der Waals surface area contributed by atoms with Gasteiger partial charge in [-0.25, -0.2) is 0 Å². The molecule has 0 fully saturated rings. The molecule has 1 atom stereocenters. The Morgan fingerprint density at radius 3 is 2.42 bits per heavy atom. The van der Waals surface area contributed by atoms with Gasteiger partial charge in [-0.05, 0) is 46.8 Å². The number of hydrogen-bond acceptors (Lipinski definition) is 5. The third kappa shape index (κ3) is 3.17. The zero-order valence-corrected chi connectivity index (χ0v) is 14.3. The van der Waals surface area contributed by atoms with Crippen molar-refractivity contribution in [3.8, 4) is 5.69 Å². The van der Waals surface area contributed by atoms with Crippen LogP contribution in [-0.2, 0) is 0 Å². The van der Waals surface area contributed by atoms with Crippen LogP contribution in [0.1, 0.15) is 17.4 Å². The second-order valence-electron chi connectivity index (χ2n) is 5.08. The zero-order chi connectivity index (χ0) is 17.1. The molecule has 0 aliphatic heterocycles. The Morgan fingerprint density at radius 1 is 1.17 bits per heavy atom. The lowest BCUT2D eigenvalue weighted by Gasteiger charge is -2.13. The molecule has 1 aromatic heterocycles. The molecule has 0 aliphatic carbocycles. The van der Waals surface area contributed by atoms with E-state index < -0.39 is 4.92 Å². The molecule has 3 aromatic rings. The summed E-state index contributed by atoms with van der Waals surface area (Å²) in [4.78, 5) is 10.4. The van der Waals surface area contributed by atoms with Crippen LogP contribution in [0.5, 0.6) is 0 Å². The molecule has 0 unspecified atom stereocenters. The Balaban J connectivity index is 1.99. The number of nitrogens with two attached hydrogens (primary N) is 1. The third-order valence-electron chi connectivity index (χ3n) is 3.64. The minimum absolute atomic E-state index is 0.0566. The summed E-state index contributed by atoms with van der Waals surface area (Å²) in [6.45, 7) is 0. The van der Waals surface area contributed by atoms with Crippen molar-refractivity contribution in [1.82, 2.24) is 20.2 Å². The molecular formula is C15H14BrN6O2+. The Hall–Kier alpha value is -2.65. The van der Waals surface area contributed by atoms with Gasteiger partial charge in [0.05, 0.1) is 17.7 Å². The number of nitrogens with zero attached hydrogens (tertiary/aromatic N) is 5. The van der Waals surface area contributed by atoms with Gasteiger partial charge in [0.1, 0.15) is 0 Å². The van der Waals surface area contributed by atoms with E-state index in [0.717, 1.165) is 15.7 Å². The van der Waals surface area contributed by atoms with Crippen molar-refractivity contribution in [2.45, 2.75) is 6.04 Å². The smallest absolute Gasteiger partial charge is 0.269 e. The molecule has 122 valence electrons. The normalized spacial score (nSPS) is 12.1. The van der Waals surface area contributed by atoms with Crippen molar-refractivity contribution >= 4 is 21.6 Å². The SMILES string of the molecule is C[NH2+][C@H](c1ccc([N+](=O)[O-])cc1)c1nnnn1-c1ccc(Br)cc1. The van der Waals surface area contributed by atoms with Gasteiger partial charge in [-0.2, -0.15) is 4.68 Å². The van der Waals surface area contributed by atoms with E-state index in [2.05, 4.69) is 31.5 Å². The van der Waals surface area contributed by atoms with Crippen molar-refractivity contribution in [3.63, 3.8) is 0 Å². The Labute approximate surface area is 145 Å². The first-order valence-corrected chi connectivity index (χ1v) is 7.97. The number of nitro benzene ring substituents is 1. The van der Waals surface area contributed by atoms with Gasteiger partial charge in [0.15, 0.2) is 6.04 Å². The van der Waals surface area contributed by atoms with E-state index in [1.807, 2.05) is 36.6 Å². The summed E-state index contributed by atoms with van der Waals surface area (Å²) in [6, 6.07) is 13.9. The first-order valence-electron chi connectivity index (χ1n) is 7.18. The maximum atomic E-state index is 10.8. The molecule has 8 nitrogen and oxygen atoms in total. The molecular weight excluding hydrogens is 376 g/mol. The first kappa shape index (κ1) is 16.2. The van der Waals surface area contributed by atoms with Crippen LogP contribution >= 0.6 is 15.9 Å². The third-order valence-corrected chi connectivity index (χ3v) is 4.17. The topological polar surface area (TPSA) is 103 Å². The fraction of sp³-hybridized carbons (Fsp3) is 0.133. The number of rotatable bonds is 5. The lowest BCUT2D eigenvalue weighted by molar-refractivity contribution is -0.662. The maximum absolute atomic E-state index is 10.8. The number of quaternary nitrogens is 1. The van der Waals surface area contributed by atoms with E-state index in [4.69, 9.17) is 0 Å². The number of aromatic nitrogens is 4. The molecule has 1 heterocycles. The zero-order valence-electron chi connectivity index (χ0n) is 12.7. The van der Waals surface area contributed by atoms with Crippen LogP contribution in [0.25, 0.3) is 5.69 Å². The predicted molar refractivity (Wildman–Crippen MR) is 89.6 cm³/mol. The van der Waals surface area contributed by atoms with Crippen LogP contribution in [0.3, 0.4) is 0 Å². The predicted octanol–water partition coefficient (Wildman–Crippen LogP) is 1.62.